The zero-order chi connectivity index (χ0) is 7.56. The van der Waals surface area contributed by atoms with Crippen molar-refractivity contribution in [1.82, 2.24) is 4.98 Å². The zero-order valence-electron chi connectivity index (χ0n) is 6.53. The highest BCUT2D eigenvalue weighted by molar-refractivity contribution is 6.29. The lowest BCUT2D eigenvalue weighted by atomic mass is 10.2. The second-order valence-corrected chi connectivity index (χ2v) is 2.59. The van der Waals surface area contributed by atoms with Gasteiger partial charge < -0.3 is 5.73 Å². The molecule has 0 amide bonds. The molecule has 0 aliphatic carbocycles. The van der Waals surface area contributed by atoms with E-state index in [2.05, 4.69) is 4.98 Å². The number of nitrogens with two attached hydrogens (primary N) is 1. The summed E-state index contributed by atoms with van der Waals surface area (Å²) < 4.78 is 0. The third-order valence-corrected chi connectivity index (χ3v) is 1.50. The maximum atomic E-state index is 5.58. The monoisotopic (exact) mass is 228 g/mol. The van der Waals surface area contributed by atoms with E-state index in [0.29, 0.717) is 5.15 Å². The predicted octanol–water partition coefficient (Wildman–Crippen LogP) is 2.60. The lowest BCUT2D eigenvalue weighted by molar-refractivity contribution is 0.812. The third-order valence-electron chi connectivity index (χ3n) is 1.28. The lowest BCUT2D eigenvalue weighted by Crippen LogP contribution is -2.04. The highest BCUT2D eigenvalue weighted by Crippen LogP contribution is 2.10. The van der Waals surface area contributed by atoms with Gasteiger partial charge in [-0.15, -0.1) is 24.8 Å². The molecule has 0 bridgehead atoms. The van der Waals surface area contributed by atoms with Gasteiger partial charge in [-0.1, -0.05) is 17.7 Å². The number of halogens is 3. The van der Waals surface area contributed by atoms with Crippen LogP contribution in [0.5, 0.6) is 0 Å². The Morgan fingerprint density at radius 1 is 1.42 bits per heavy atom. The van der Waals surface area contributed by atoms with Crippen molar-refractivity contribution in [2.75, 3.05) is 0 Å². The molecule has 1 heterocycles. The second kappa shape index (κ2) is 6.49. The van der Waals surface area contributed by atoms with Crippen LogP contribution in [-0.2, 0) is 0 Å². The molecule has 0 spiro atoms. The highest BCUT2D eigenvalue weighted by Gasteiger charge is 1.97. The first-order valence-electron chi connectivity index (χ1n) is 3.07. The van der Waals surface area contributed by atoms with Crippen molar-refractivity contribution in [1.29, 1.82) is 0 Å². The van der Waals surface area contributed by atoms with Gasteiger partial charge in [-0.2, -0.15) is 0 Å². The summed E-state index contributed by atoms with van der Waals surface area (Å²) in [7, 11) is 0. The quantitative estimate of drug-likeness (QED) is 0.752. The van der Waals surface area contributed by atoms with Crippen LogP contribution >= 0.6 is 36.4 Å². The van der Waals surface area contributed by atoms with Crippen molar-refractivity contribution in [2.45, 2.75) is 13.0 Å². The van der Waals surface area contributed by atoms with Gasteiger partial charge in [-0.05, 0) is 18.6 Å². The third kappa shape index (κ3) is 4.12. The van der Waals surface area contributed by atoms with Crippen molar-refractivity contribution >= 4 is 36.4 Å². The molecule has 1 aromatic heterocycles. The number of aromatic nitrogens is 1. The van der Waals surface area contributed by atoms with Crippen LogP contribution in [0.15, 0.2) is 18.3 Å². The Morgan fingerprint density at radius 2 is 2.00 bits per heavy atom. The molecule has 12 heavy (non-hydrogen) atoms. The largest absolute Gasteiger partial charge is 0.324 e. The van der Waals surface area contributed by atoms with E-state index in [0.717, 1.165) is 5.56 Å². The minimum absolute atomic E-state index is 0. The molecule has 0 fully saturated rings. The van der Waals surface area contributed by atoms with Crippen LogP contribution in [0.25, 0.3) is 0 Å². The van der Waals surface area contributed by atoms with Gasteiger partial charge in [0.05, 0.1) is 0 Å². The van der Waals surface area contributed by atoms with E-state index in [9.17, 15) is 0 Å². The molecule has 0 saturated carbocycles. The van der Waals surface area contributed by atoms with Crippen molar-refractivity contribution in [3.05, 3.63) is 29.0 Å². The first kappa shape index (κ1) is 14.5. The van der Waals surface area contributed by atoms with Crippen LogP contribution < -0.4 is 5.73 Å². The second-order valence-electron chi connectivity index (χ2n) is 2.20. The van der Waals surface area contributed by atoms with Crippen LogP contribution in [0.4, 0.5) is 0 Å². The maximum Gasteiger partial charge on any atom is 0.129 e. The molecule has 5 heteroatoms. The van der Waals surface area contributed by atoms with Gasteiger partial charge in [0, 0.05) is 12.2 Å². The summed E-state index contributed by atoms with van der Waals surface area (Å²) >= 11 is 5.56. The molecule has 0 unspecified atom stereocenters. The zero-order valence-corrected chi connectivity index (χ0v) is 8.92. The lowest BCUT2D eigenvalue weighted by Gasteiger charge is -2.02. The summed E-state index contributed by atoms with van der Waals surface area (Å²) in [6.45, 7) is 1.91. The summed E-state index contributed by atoms with van der Waals surface area (Å²) in [5.74, 6) is 0. The first-order chi connectivity index (χ1) is 4.70. The number of rotatable bonds is 1. The van der Waals surface area contributed by atoms with Gasteiger partial charge >= 0.3 is 0 Å². The smallest absolute Gasteiger partial charge is 0.129 e. The van der Waals surface area contributed by atoms with Crippen LogP contribution in [0.3, 0.4) is 0 Å². The molecule has 0 aromatic carbocycles. The standard InChI is InChI=1S/C7H9ClN2.2ClH/c1-5(9)6-2-3-7(8)10-4-6;;/h2-5H,9H2,1H3;2*1H/t5-;;/m0../s1. The van der Waals surface area contributed by atoms with Gasteiger partial charge in [0.15, 0.2) is 0 Å². The van der Waals surface area contributed by atoms with Crippen molar-refractivity contribution in [3.8, 4) is 0 Å². The summed E-state index contributed by atoms with van der Waals surface area (Å²) in [5, 5.41) is 0.504. The van der Waals surface area contributed by atoms with Crippen molar-refractivity contribution in [3.63, 3.8) is 0 Å². The Balaban J connectivity index is 0. The Kier molecular flexibility index (Phi) is 7.84. The van der Waals surface area contributed by atoms with Gasteiger partial charge in [0.2, 0.25) is 0 Å². The number of hydrogen-bond donors (Lipinski definition) is 1. The Labute approximate surface area is 89.3 Å². The fourth-order valence-electron chi connectivity index (χ4n) is 0.657. The SMILES string of the molecule is C[C@H](N)c1ccc(Cl)nc1.Cl.Cl. The van der Waals surface area contributed by atoms with E-state index in [-0.39, 0.29) is 30.9 Å². The first-order valence-corrected chi connectivity index (χ1v) is 3.45. The molecule has 0 aliphatic heterocycles. The predicted molar refractivity (Wildman–Crippen MR) is 56.3 cm³/mol. The normalized spacial score (nSPS) is 10.9. The molecule has 2 N–H and O–H groups in total. The molecule has 1 atom stereocenters. The maximum absolute atomic E-state index is 5.58. The van der Waals surface area contributed by atoms with Gasteiger partial charge in [-0.3, -0.25) is 0 Å². The Bertz CT molecular complexity index is 210. The molecular weight excluding hydrogens is 218 g/mol. The Hall–Kier alpha value is -0.0200. The van der Waals surface area contributed by atoms with Crippen LogP contribution in [-0.4, -0.2) is 4.98 Å². The topological polar surface area (TPSA) is 38.9 Å². The summed E-state index contributed by atoms with van der Waals surface area (Å²) in [6, 6.07) is 3.64. The number of hydrogen-bond acceptors (Lipinski definition) is 2. The van der Waals surface area contributed by atoms with E-state index in [1.54, 1.807) is 12.3 Å². The van der Waals surface area contributed by atoms with E-state index >= 15 is 0 Å². The summed E-state index contributed by atoms with van der Waals surface area (Å²) in [5.41, 5.74) is 6.58. The van der Waals surface area contributed by atoms with E-state index in [1.807, 2.05) is 13.0 Å². The number of nitrogens with zero attached hydrogens (tertiary/aromatic N) is 1. The fraction of sp³-hybridized carbons (Fsp3) is 0.286. The van der Waals surface area contributed by atoms with Gasteiger partial charge in [0.25, 0.3) is 0 Å². The molecule has 0 saturated heterocycles. The van der Waals surface area contributed by atoms with Gasteiger partial charge in [0.1, 0.15) is 5.15 Å². The van der Waals surface area contributed by atoms with Crippen LogP contribution in [0.2, 0.25) is 5.15 Å². The summed E-state index contributed by atoms with van der Waals surface area (Å²) in [6.07, 6.45) is 1.69. The number of pyridine rings is 1. The molecule has 0 aliphatic rings. The summed E-state index contributed by atoms with van der Waals surface area (Å²) in [4.78, 5) is 3.89. The fourth-order valence-corrected chi connectivity index (χ4v) is 0.768. The molecule has 0 radical (unpaired) electrons. The van der Waals surface area contributed by atoms with Crippen molar-refractivity contribution < 1.29 is 0 Å². The van der Waals surface area contributed by atoms with E-state index < -0.39 is 0 Å². The van der Waals surface area contributed by atoms with E-state index in [1.165, 1.54) is 0 Å². The average Bonchev–Trinajstić information content (AvgIpc) is 1.88. The molecule has 1 rings (SSSR count). The average molecular weight is 230 g/mol. The van der Waals surface area contributed by atoms with Crippen LogP contribution in [0.1, 0.15) is 18.5 Å². The molecule has 1 aromatic rings. The Morgan fingerprint density at radius 3 is 2.33 bits per heavy atom. The minimum atomic E-state index is 0. The van der Waals surface area contributed by atoms with Gasteiger partial charge in [-0.25, -0.2) is 4.98 Å². The minimum Gasteiger partial charge on any atom is -0.324 e. The molecular formula is C7H11Cl3N2. The molecule has 70 valence electrons. The van der Waals surface area contributed by atoms with E-state index in [4.69, 9.17) is 17.3 Å². The highest BCUT2D eigenvalue weighted by atomic mass is 35.5. The van der Waals surface area contributed by atoms with Crippen molar-refractivity contribution in [2.24, 2.45) is 5.73 Å². The molecule has 2 nitrogen and oxygen atoms in total. The van der Waals surface area contributed by atoms with Crippen LogP contribution in [0, 0.1) is 0 Å².